The van der Waals surface area contributed by atoms with Gasteiger partial charge in [0.15, 0.2) is 5.82 Å². The fourth-order valence-corrected chi connectivity index (χ4v) is 2.17. The van der Waals surface area contributed by atoms with Gasteiger partial charge >= 0.3 is 0 Å². The lowest BCUT2D eigenvalue weighted by molar-refractivity contribution is -0.131. The molecule has 0 aromatic carbocycles. The van der Waals surface area contributed by atoms with Gasteiger partial charge in [-0.25, -0.2) is 4.68 Å². The number of morpholine rings is 1. The van der Waals surface area contributed by atoms with Crippen molar-refractivity contribution in [2.24, 2.45) is 0 Å². The van der Waals surface area contributed by atoms with Crippen LogP contribution in [0.3, 0.4) is 0 Å². The number of hydrogen-bond acceptors (Lipinski definition) is 6. The van der Waals surface area contributed by atoms with Crippen LogP contribution in [-0.2, 0) is 22.6 Å². The molecule has 0 saturated carbocycles. The Labute approximate surface area is 129 Å². The molecule has 2 rings (SSSR count). The van der Waals surface area contributed by atoms with Crippen LogP contribution in [0.25, 0.3) is 0 Å². The number of carbonyl (C=O) groups excluding carboxylic acids is 1. The molecule has 1 fully saturated rings. The predicted octanol–water partition coefficient (Wildman–Crippen LogP) is -0.847. The number of terminal acetylenes is 1. The minimum Gasteiger partial charge on any atom is -0.379 e. The Bertz CT molecular complexity index is 544. The van der Waals surface area contributed by atoms with Gasteiger partial charge in [0, 0.05) is 19.6 Å². The summed E-state index contributed by atoms with van der Waals surface area (Å²) in [6.45, 7) is 8.02. The maximum absolute atomic E-state index is 12.3. The van der Waals surface area contributed by atoms with Crippen molar-refractivity contribution in [1.29, 1.82) is 0 Å². The van der Waals surface area contributed by atoms with E-state index in [0.29, 0.717) is 32.1 Å². The number of hydrogen-bond donors (Lipinski definition) is 0. The number of nitrogens with zero attached hydrogens (tertiary/aromatic N) is 6. The van der Waals surface area contributed by atoms with Gasteiger partial charge < -0.3 is 9.64 Å². The summed E-state index contributed by atoms with van der Waals surface area (Å²) in [5.74, 6) is 3.00. The van der Waals surface area contributed by atoms with Crippen LogP contribution in [0.2, 0.25) is 0 Å². The van der Waals surface area contributed by atoms with Gasteiger partial charge in [-0.3, -0.25) is 9.69 Å². The van der Waals surface area contributed by atoms with Crippen molar-refractivity contribution in [2.75, 3.05) is 39.4 Å². The summed E-state index contributed by atoms with van der Waals surface area (Å²) >= 11 is 0. The fraction of sp³-hybridized carbons (Fsp3) is 0.571. The second kappa shape index (κ2) is 8.26. The lowest BCUT2D eigenvalue weighted by Gasteiger charge is -2.26. The summed E-state index contributed by atoms with van der Waals surface area (Å²) in [5, 5.41) is 11.6. The molecule has 118 valence electrons. The summed E-state index contributed by atoms with van der Waals surface area (Å²) in [4.78, 5) is 16.0. The molecule has 1 aromatic heterocycles. The molecular formula is C14H20N6O2. The molecule has 0 bridgehead atoms. The van der Waals surface area contributed by atoms with Gasteiger partial charge in [0.1, 0.15) is 6.54 Å². The van der Waals surface area contributed by atoms with Crippen molar-refractivity contribution < 1.29 is 9.53 Å². The third kappa shape index (κ3) is 4.38. The summed E-state index contributed by atoms with van der Waals surface area (Å²) in [6.07, 6.45) is 6.92. The van der Waals surface area contributed by atoms with Crippen LogP contribution in [0, 0.1) is 12.3 Å². The van der Waals surface area contributed by atoms with Crippen LogP contribution in [-0.4, -0.2) is 75.3 Å². The quantitative estimate of drug-likeness (QED) is 0.483. The maximum atomic E-state index is 12.3. The Hall–Kier alpha value is -2.24. The molecule has 0 unspecified atom stereocenters. The van der Waals surface area contributed by atoms with Crippen molar-refractivity contribution in [3.8, 4) is 12.3 Å². The fourth-order valence-electron chi connectivity index (χ4n) is 2.17. The normalized spacial score (nSPS) is 15.2. The molecule has 1 aliphatic heterocycles. The van der Waals surface area contributed by atoms with Gasteiger partial charge in [-0.05, 0) is 10.4 Å². The first-order valence-electron chi connectivity index (χ1n) is 7.12. The number of tetrazole rings is 1. The van der Waals surface area contributed by atoms with E-state index in [1.54, 1.807) is 6.08 Å². The van der Waals surface area contributed by atoms with E-state index in [1.165, 1.54) is 9.58 Å². The van der Waals surface area contributed by atoms with Crippen LogP contribution in [0.4, 0.5) is 0 Å². The predicted molar refractivity (Wildman–Crippen MR) is 79.5 cm³/mol. The van der Waals surface area contributed by atoms with Crippen molar-refractivity contribution >= 4 is 5.91 Å². The zero-order valence-corrected chi connectivity index (χ0v) is 12.5. The highest BCUT2D eigenvalue weighted by Gasteiger charge is 2.18. The first-order chi connectivity index (χ1) is 10.7. The van der Waals surface area contributed by atoms with Gasteiger partial charge in [-0.1, -0.05) is 12.0 Å². The number of rotatable bonds is 7. The van der Waals surface area contributed by atoms with Gasteiger partial charge in [0.05, 0.1) is 26.3 Å². The molecule has 1 aliphatic rings. The van der Waals surface area contributed by atoms with Gasteiger partial charge in [0.2, 0.25) is 5.91 Å². The van der Waals surface area contributed by atoms with Crippen molar-refractivity contribution in [1.82, 2.24) is 30.0 Å². The van der Waals surface area contributed by atoms with E-state index < -0.39 is 0 Å². The molecule has 1 aromatic rings. The summed E-state index contributed by atoms with van der Waals surface area (Å²) in [6, 6.07) is 0. The van der Waals surface area contributed by atoms with Gasteiger partial charge in [0.25, 0.3) is 0 Å². The Balaban J connectivity index is 1.97. The second-order valence-electron chi connectivity index (χ2n) is 4.91. The van der Waals surface area contributed by atoms with Crippen LogP contribution in [0.15, 0.2) is 12.7 Å². The SMILES string of the molecule is C#CCN(CC=C)C(=O)Cn1nnnc1CN1CCOCC1. The monoisotopic (exact) mass is 304 g/mol. The molecule has 1 amide bonds. The average Bonchev–Trinajstić information content (AvgIpc) is 2.95. The lowest BCUT2D eigenvalue weighted by atomic mass is 10.4. The zero-order chi connectivity index (χ0) is 15.8. The molecule has 0 N–H and O–H groups in total. The van der Waals surface area contributed by atoms with Gasteiger partial charge in [-0.2, -0.15) is 0 Å². The molecule has 1 saturated heterocycles. The van der Waals surface area contributed by atoms with E-state index in [9.17, 15) is 4.79 Å². The standard InChI is InChI=1S/C14H20N6O2/c1-3-5-19(6-4-2)14(21)12-20-13(15-16-17-20)11-18-7-9-22-10-8-18/h1,4H,2,5-12H2. The zero-order valence-electron chi connectivity index (χ0n) is 12.5. The number of ether oxygens (including phenoxy) is 1. The topological polar surface area (TPSA) is 76.4 Å². The number of aromatic nitrogens is 4. The first-order valence-corrected chi connectivity index (χ1v) is 7.12. The van der Waals surface area contributed by atoms with E-state index in [2.05, 4.69) is 32.9 Å². The molecule has 0 radical (unpaired) electrons. The highest BCUT2D eigenvalue weighted by atomic mass is 16.5. The molecule has 0 spiro atoms. The van der Waals surface area contributed by atoms with Crippen molar-refractivity contribution in [3.63, 3.8) is 0 Å². The Morgan fingerprint density at radius 2 is 2.27 bits per heavy atom. The maximum Gasteiger partial charge on any atom is 0.245 e. The molecule has 8 heteroatoms. The number of amides is 1. The first kappa shape index (κ1) is 16.1. The number of carbonyl (C=O) groups is 1. The third-order valence-corrected chi connectivity index (χ3v) is 3.34. The van der Waals surface area contributed by atoms with Crippen LogP contribution >= 0.6 is 0 Å². The van der Waals surface area contributed by atoms with Crippen molar-refractivity contribution in [3.05, 3.63) is 18.5 Å². The Morgan fingerprint density at radius 1 is 1.50 bits per heavy atom. The molecule has 8 nitrogen and oxygen atoms in total. The lowest BCUT2D eigenvalue weighted by Crippen LogP contribution is -2.38. The molecule has 2 heterocycles. The average molecular weight is 304 g/mol. The molecule has 0 atom stereocenters. The summed E-state index contributed by atoms with van der Waals surface area (Å²) in [7, 11) is 0. The van der Waals surface area contributed by atoms with Crippen LogP contribution < -0.4 is 0 Å². The van der Waals surface area contributed by atoms with Crippen LogP contribution in [0.1, 0.15) is 5.82 Å². The summed E-state index contributed by atoms with van der Waals surface area (Å²) in [5.41, 5.74) is 0. The van der Waals surface area contributed by atoms with E-state index >= 15 is 0 Å². The van der Waals surface area contributed by atoms with E-state index in [0.717, 1.165) is 13.1 Å². The van der Waals surface area contributed by atoms with Gasteiger partial charge in [-0.15, -0.1) is 18.1 Å². The van der Waals surface area contributed by atoms with E-state index in [4.69, 9.17) is 11.2 Å². The highest BCUT2D eigenvalue weighted by molar-refractivity contribution is 5.76. The highest BCUT2D eigenvalue weighted by Crippen LogP contribution is 2.04. The minimum absolute atomic E-state index is 0.0716. The molecule has 0 aliphatic carbocycles. The minimum atomic E-state index is -0.131. The van der Waals surface area contributed by atoms with Crippen LogP contribution in [0.5, 0.6) is 0 Å². The van der Waals surface area contributed by atoms with Crippen molar-refractivity contribution in [2.45, 2.75) is 13.1 Å². The third-order valence-electron chi connectivity index (χ3n) is 3.34. The second-order valence-corrected chi connectivity index (χ2v) is 4.91. The van der Waals surface area contributed by atoms with E-state index in [1.807, 2.05) is 0 Å². The molecule has 22 heavy (non-hydrogen) atoms. The summed E-state index contributed by atoms with van der Waals surface area (Å²) < 4.78 is 6.83. The Kier molecular flexibility index (Phi) is 6.06. The Morgan fingerprint density at radius 3 is 2.95 bits per heavy atom. The van der Waals surface area contributed by atoms with E-state index in [-0.39, 0.29) is 19.0 Å². The smallest absolute Gasteiger partial charge is 0.245 e. The molecular weight excluding hydrogens is 284 g/mol. The largest absolute Gasteiger partial charge is 0.379 e.